The van der Waals surface area contributed by atoms with Crippen LogP contribution in [0.1, 0.15) is 49.3 Å². The van der Waals surface area contributed by atoms with Gasteiger partial charge in [0.15, 0.2) is 5.82 Å². The van der Waals surface area contributed by atoms with Crippen LogP contribution >= 0.6 is 0 Å². The molecule has 172 valence electrons. The molecular formula is C23H32N6O3. The van der Waals surface area contributed by atoms with Crippen molar-refractivity contribution in [2.75, 3.05) is 43.0 Å². The Morgan fingerprint density at radius 1 is 1.09 bits per heavy atom. The van der Waals surface area contributed by atoms with Gasteiger partial charge < -0.3 is 20.3 Å². The van der Waals surface area contributed by atoms with Crippen LogP contribution in [-0.2, 0) is 17.8 Å². The summed E-state index contributed by atoms with van der Waals surface area (Å²) in [6.45, 7) is 13.8. The Hall–Kier alpha value is -2.91. The Kier molecular flexibility index (Phi) is 6.21. The van der Waals surface area contributed by atoms with Gasteiger partial charge in [-0.25, -0.2) is 4.79 Å². The molecule has 0 atom stereocenters. The van der Waals surface area contributed by atoms with Gasteiger partial charge in [0.25, 0.3) is 5.91 Å². The van der Waals surface area contributed by atoms with Crippen molar-refractivity contribution in [1.82, 2.24) is 20.0 Å². The Labute approximate surface area is 188 Å². The van der Waals surface area contributed by atoms with Crippen LogP contribution in [-0.4, -0.2) is 65.0 Å². The number of rotatable bonds is 4. The topological polar surface area (TPSA) is 91.7 Å². The van der Waals surface area contributed by atoms with Gasteiger partial charge in [0.05, 0.1) is 12.3 Å². The smallest absolute Gasteiger partial charge is 0.435 e. The summed E-state index contributed by atoms with van der Waals surface area (Å²) in [6.07, 6.45) is -0.538. The Bertz CT molecular complexity index is 984. The lowest BCUT2D eigenvalue weighted by Gasteiger charge is -2.43. The molecule has 2 aromatic rings. The third-order valence-corrected chi connectivity index (χ3v) is 6.08. The van der Waals surface area contributed by atoms with Crippen molar-refractivity contribution >= 4 is 23.5 Å². The molecule has 0 radical (unpaired) electrons. The van der Waals surface area contributed by atoms with Gasteiger partial charge in [-0.3, -0.25) is 9.69 Å². The molecule has 2 aliphatic heterocycles. The van der Waals surface area contributed by atoms with E-state index in [1.165, 1.54) is 4.68 Å². The minimum atomic E-state index is -0.538. The number of benzene rings is 1. The van der Waals surface area contributed by atoms with Gasteiger partial charge >= 0.3 is 6.09 Å². The third-order valence-electron chi connectivity index (χ3n) is 6.08. The molecule has 1 fully saturated rings. The molecule has 0 saturated carbocycles. The number of hydrogen-bond donors (Lipinski definition) is 2. The molecular weight excluding hydrogens is 408 g/mol. The Morgan fingerprint density at radius 2 is 1.78 bits per heavy atom. The molecule has 1 aromatic carbocycles. The standard InChI is InChI=1S/C23H32N6O3/c1-5-32-22(31)29-19-15-24-14-18(19)20(26-29)25-21(30)16-6-8-17(9-7-16)27-10-12-28(13-11-27)23(2,3)4/h6-9,24H,5,10-15H2,1-4H3,(H,25,26,30). The number of nitrogens with one attached hydrogen (secondary N) is 2. The van der Waals surface area contributed by atoms with Crippen molar-refractivity contribution in [2.24, 2.45) is 0 Å². The average Bonchev–Trinajstić information content (AvgIpc) is 3.37. The first-order chi connectivity index (χ1) is 15.3. The van der Waals surface area contributed by atoms with Crippen molar-refractivity contribution < 1.29 is 14.3 Å². The molecule has 0 spiro atoms. The first kappa shape index (κ1) is 22.3. The Morgan fingerprint density at radius 3 is 2.41 bits per heavy atom. The molecule has 9 heteroatoms. The molecule has 1 amide bonds. The minimum Gasteiger partial charge on any atom is -0.448 e. The second-order valence-electron chi connectivity index (χ2n) is 9.13. The van der Waals surface area contributed by atoms with E-state index in [-0.39, 0.29) is 18.1 Å². The fourth-order valence-electron chi connectivity index (χ4n) is 4.23. The third kappa shape index (κ3) is 4.49. The first-order valence-corrected chi connectivity index (χ1v) is 11.2. The molecule has 1 saturated heterocycles. The summed E-state index contributed by atoms with van der Waals surface area (Å²) in [5, 5.41) is 10.3. The predicted molar refractivity (Wildman–Crippen MR) is 123 cm³/mol. The maximum atomic E-state index is 12.8. The second-order valence-corrected chi connectivity index (χ2v) is 9.13. The van der Waals surface area contributed by atoms with Crippen LogP contribution in [0.15, 0.2) is 24.3 Å². The van der Waals surface area contributed by atoms with Crippen LogP contribution in [0, 0.1) is 0 Å². The molecule has 4 rings (SSSR count). The highest BCUT2D eigenvalue weighted by Crippen LogP contribution is 2.25. The number of nitrogens with zero attached hydrogens (tertiary/aromatic N) is 4. The highest BCUT2D eigenvalue weighted by atomic mass is 16.6. The number of piperazine rings is 1. The zero-order valence-electron chi connectivity index (χ0n) is 19.3. The van der Waals surface area contributed by atoms with Crippen LogP contribution in [0.4, 0.5) is 16.3 Å². The zero-order valence-corrected chi connectivity index (χ0v) is 19.3. The lowest BCUT2D eigenvalue weighted by molar-refractivity contribution is 0.102. The van der Waals surface area contributed by atoms with E-state index in [0.29, 0.717) is 24.5 Å². The summed E-state index contributed by atoms with van der Waals surface area (Å²) in [5.74, 6) is 0.141. The summed E-state index contributed by atoms with van der Waals surface area (Å²) < 4.78 is 6.30. The predicted octanol–water partition coefficient (Wildman–Crippen LogP) is 2.66. The lowest BCUT2D eigenvalue weighted by Crippen LogP contribution is -2.53. The number of aromatic nitrogens is 2. The van der Waals surface area contributed by atoms with E-state index in [1.54, 1.807) is 6.92 Å². The van der Waals surface area contributed by atoms with Gasteiger partial charge in [-0.2, -0.15) is 4.68 Å². The fraction of sp³-hybridized carbons (Fsp3) is 0.522. The van der Waals surface area contributed by atoms with E-state index >= 15 is 0 Å². The maximum Gasteiger partial charge on any atom is 0.435 e. The average molecular weight is 441 g/mol. The van der Waals surface area contributed by atoms with E-state index in [9.17, 15) is 9.59 Å². The molecule has 0 bridgehead atoms. The summed E-state index contributed by atoms with van der Waals surface area (Å²) >= 11 is 0. The highest BCUT2D eigenvalue weighted by Gasteiger charge is 2.28. The second kappa shape index (κ2) is 8.91. The molecule has 0 aliphatic carbocycles. The highest BCUT2D eigenvalue weighted by molar-refractivity contribution is 6.04. The number of ether oxygens (including phenoxy) is 1. The molecule has 2 aliphatic rings. The Balaban J connectivity index is 1.42. The van der Waals surface area contributed by atoms with Crippen molar-refractivity contribution in [1.29, 1.82) is 0 Å². The van der Waals surface area contributed by atoms with E-state index in [2.05, 4.69) is 46.3 Å². The zero-order chi connectivity index (χ0) is 22.9. The van der Waals surface area contributed by atoms with Crippen LogP contribution in [0.2, 0.25) is 0 Å². The summed E-state index contributed by atoms with van der Waals surface area (Å²) in [7, 11) is 0. The van der Waals surface area contributed by atoms with Crippen LogP contribution in [0.5, 0.6) is 0 Å². The fourth-order valence-corrected chi connectivity index (χ4v) is 4.23. The maximum absolute atomic E-state index is 12.8. The van der Waals surface area contributed by atoms with E-state index in [0.717, 1.165) is 43.1 Å². The minimum absolute atomic E-state index is 0.185. The van der Waals surface area contributed by atoms with Crippen molar-refractivity contribution in [3.63, 3.8) is 0 Å². The van der Waals surface area contributed by atoms with Crippen LogP contribution in [0.25, 0.3) is 0 Å². The quantitative estimate of drug-likeness (QED) is 0.755. The molecule has 1 aromatic heterocycles. The van der Waals surface area contributed by atoms with Crippen molar-refractivity contribution in [3.8, 4) is 0 Å². The van der Waals surface area contributed by atoms with Gasteiger partial charge in [0.2, 0.25) is 0 Å². The summed E-state index contributed by atoms with van der Waals surface area (Å²) in [4.78, 5) is 29.9. The van der Waals surface area contributed by atoms with E-state index in [1.807, 2.05) is 24.3 Å². The number of carbonyl (C=O) groups excluding carboxylic acids is 2. The molecule has 32 heavy (non-hydrogen) atoms. The van der Waals surface area contributed by atoms with Crippen LogP contribution < -0.4 is 15.5 Å². The van der Waals surface area contributed by atoms with Gasteiger partial charge in [0.1, 0.15) is 0 Å². The number of amides is 1. The number of anilines is 2. The SMILES string of the molecule is CCOC(=O)n1nc(NC(=O)c2ccc(N3CCN(C(C)(C)C)CC3)cc2)c2c1CNC2. The molecule has 2 N–H and O–H groups in total. The first-order valence-electron chi connectivity index (χ1n) is 11.2. The number of fused-ring (bicyclic) bond motifs is 1. The van der Waals surface area contributed by atoms with Gasteiger partial charge in [0, 0.05) is 61.6 Å². The van der Waals surface area contributed by atoms with Gasteiger partial charge in [-0.15, -0.1) is 5.10 Å². The van der Waals surface area contributed by atoms with Crippen LogP contribution in [0.3, 0.4) is 0 Å². The normalized spacial score (nSPS) is 16.7. The molecule has 0 unspecified atom stereocenters. The summed E-state index contributed by atoms with van der Waals surface area (Å²) in [5.41, 5.74) is 3.40. The molecule has 3 heterocycles. The largest absolute Gasteiger partial charge is 0.448 e. The number of carbonyl (C=O) groups is 2. The van der Waals surface area contributed by atoms with Gasteiger partial charge in [-0.1, -0.05) is 0 Å². The van der Waals surface area contributed by atoms with Gasteiger partial charge in [-0.05, 0) is 52.0 Å². The monoisotopic (exact) mass is 440 g/mol. The van der Waals surface area contributed by atoms with E-state index < -0.39 is 6.09 Å². The summed E-state index contributed by atoms with van der Waals surface area (Å²) in [6, 6.07) is 7.65. The van der Waals surface area contributed by atoms with Crippen molar-refractivity contribution in [2.45, 2.75) is 46.3 Å². The lowest BCUT2D eigenvalue weighted by atomic mass is 10.0. The van der Waals surface area contributed by atoms with E-state index in [4.69, 9.17) is 4.74 Å². The molecule has 9 nitrogen and oxygen atoms in total. The van der Waals surface area contributed by atoms with Crippen molar-refractivity contribution in [3.05, 3.63) is 41.1 Å². The number of hydrogen-bond acceptors (Lipinski definition) is 7.